The van der Waals surface area contributed by atoms with Crippen LogP contribution in [0.5, 0.6) is 0 Å². The van der Waals surface area contributed by atoms with E-state index in [1.807, 2.05) is 35.8 Å². The Kier molecular flexibility index (Phi) is 4.71. The van der Waals surface area contributed by atoms with Gasteiger partial charge in [-0.3, -0.25) is 4.79 Å². The molecule has 0 bridgehead atoms. The highest BCUT2D eigenvalue weighted by atomic mass is 16.1. The maximum Gasteiger partial charge on any atom is 0.227 e. The number of amides is 1. The summed E-state index contributed by atoms with van der Waals surface area (Å²) < 4.78 is 1.97. The van der Waals surface area contributed by atoms with Crippen molar-refractivity contribution in [1.82, 2.24) is 20.1 Å². The predicted molar refractivity (Wildman–Crippen MR) is 90.0 cm³/mol. The molecule has 1 amide bonds. The van der Waals surface area contributed by atoms with Crippen molar-refractivity contribution in [2.45, 2.75) is 39.3 Å². The van der Waals surface area contributed by atoms with Crippen molar-refractivity contribution in [3.8, 4) is 11.4 Å². The van der Waals surface area contributed by atoms with E-state index in [-0.39, 0.29) is 11.8 Å². The largest absolute Gasteiger partial charge is 0.325 e. The van der Waals surface area contributed by atoms with Gasteiger partial charge in [0.25, 0.3) is 0 Å². The zero-order valence-electron chi connectivity index (χ0n) is 13.6. The maximum atomic E-state index is 12.6. The highest BCUT2D eigenvalue weighted by molar-refractivity contribution is 5.96. The lowest BCUT2D eigenvalue weighted by Crippen LogP contribution is -2.40. The van der Waals surface area contributed by atoms with Crippen LogP contribution in [-0.4, -0.2) is 33.3 Å². The minimum Gasteiger partial charge on any atom is -0.325 e. The van der Waals surface area contributed by atoms with Crippen LogP contribution in [0.4, 0.5) is 5.69 Å². The normalized spacial score (nSPS) is 21.1. The van der Waals surface area contributed by atoms with Crippen molar-refractivity contribution < 1.29 is 4.79 Å². The van der Waals surface area contributed by atoms with E-state index in [0.717, 1.165) is 43.0 Å². The van der Waals surface area contributed by atoms with E-state index in [4.69, 9.17) is 0 Å². The number of hydrogen-bond acceptors (Lipinski definition) is 4. The van der Waals surface area contributed by atoms with E-state index in [2.05, 4.69) is 27.8 Å². The van der Waals surface area contributed by atoms with Gasteiger partial charge in [0.1, 0.15) is 6.33 Å². The van der Waals surface area contributed by atoms with Gasteiger partial charge in [0.2, 0.25) is 5.91 Å². The average molecular weight is 313 g/mol. The van der Waals surface area contributed by atoms with E-state index in [1.165, 1.54) is 0 Å². The quantitative estimate of drug-likeness (QED) is 0.908. The van der Waals surface area contributed by atoms with Gasteiger partial charge in [-0.25, -0.2) is 0 Å². The number of aryl methyl sites for hydroxylation is 1. The van der Waals surface area contributed by atoms with Gasteiger partial charge in [-0.1, -0.05) is 12.1 Å². The van der Waals surface area contributed by atoms with Crippen molar-refractivity contribution in [2.24, 2.45) is 5.92 Å². The number of aromatic nitrogens is 3. The molecule has 1 saturated heterocycles. The van der Waals surface area contributed by atoms with Crippen LogP contribution in [0.2, 0.25) is 0 Å². The third-order valence-electron chi connectivity index (χ3n) is 4.38. The van der Waals surface area contributed by atoms with Crippen molar-refractivity contribution in [3.05, 3.63) is 30.6 Å². The molecule has 0 aliphatic carbocycles. The Morgan fingerprint density at radius 2 is 2.26 bits per heavy atom. The van der Waals surface area contributed by atoms with Crippen molar-refractivity contribution >= 4 is 11.6 Å². The third kappa shape index (κ3) is 3.42. The van der Waals surface area contributed by atoms with E-state index in [1.54, 1.807) is 6.33 Å². The summed E-state index contributed by atoms with van der Waals surface area (Å²) in [4.78, 5) is 12.6. The first-order valence-corrected chi connectivity index (χ1v) is 8.20. The van der Waals surface area contributed by atoms with Crippen LogP contribution >= 0.6 is 0 Å². The number of carbonyl (C=O) groups is 1. The minimum absolute atomic E-state index is 0.0587. The van der Waals surface area contributed by atoms with E-state index in [0.29, 0.717) is 6.04 Å². The lowest BCUT2D eigenvalue weighted by atomic mass is 9.92. The highest BCUT2D eigenvalue weighted by Gasteiger charge is 2.25. The molecule has 1 aromatic heterocycles. The fraction of sp³-hybridized carbons (Fsp3) is 0.471. The number of nitrogens with zero attached hydrogens (tertiary/aromatic N) is 3. The van der Waals surface area contributed by atoms with Crippen molar-refractivity contribution in [2.75, 3.05) is 11.9 Å². The first-order chi connectivity index (χ1) is 11.2. The van der Waals surface area contributed by atoms with Gasteiger partial charge in [0.05, 0.1) is 5.69 Å². The molecular weight excluding hydrogens is 290 g/mol. The van der Waals surface area contributed by atoms with Crippen LogP contribution in [0.1, 0.15) is 26.7 Å². The molecule has 0 spiro atoms. The van der Waals surface area contributed by atoms with Gasteiger partial charge in [-0.05, 0) is 45.4 Å². The number of rotatable bonds is 4. The fourth-order valence-corrected chi connectivity index (χ4v) is 3.09. The number of piperidine rings is 1. The molecular formula is C17H23N5O. The second-order valence-electron chi connectivity index (χ2n) is 6.05. The molecule has 1 aliphatic heterocycles. The Morgan fingerprint density at radius 3 is 3.04 bits per heavy atom. The van der Waals surface area contributed by atoms with E-state index < -0.39 is 0 Å². The van der Waals surface area contributed by atoms with Gasteiger partial charge in [0.15, 0.2) is 5.82 Å². The first-order valence-electron chi connectivity index (χ1n) is 8.20. The zero-order valence-corrected chi connectivity index (χ0v) is 13.6. The van der Waals surface area contributed by atoms with Crippen LogP contribution in [0.3, 0.4) is 0 Å². The topological polar surface area (TPSA) is 71.8 Å². The molecule has 2 N–H and O–H groups in total. The summed E-state index contributed by atoms with van der Waals surface area (Å²) >= 11 is 0. The molecule has 1 aliphatic rings. The van der Waals surface area contributed by atoms with Gasteiger partial charge in [-0.15, -0.1) is 10.2 Å². The summed E-state index contributed by atoms with van der Waals surface area (Å²) in [6, 6.07) is 8.16. The molecule has 6 heteroatoms. The monoisotopic (exact) mass is 313 g/mol. The van der Waals surface area contributed by atoms with E-state index >= 15 is 0 Å². The van der Waals surface area contributed by atoms with Crippen LogP contribution < -0.4 is 10.6 Å². The number of carbonyl (C=O) groups excluding carboxylic acids is 1. The van der Waals surface area contributed by atoms with Crippen LogP contribution in [0.25, 0.3) is 11.4 Å². The molecule has 0 radical (unpaired) electrons. The Bertz CT molecular complexity index is 681. The summed E-state index contributed by atoms with van der Waals surface area (Å²) in [7, 11) is 0. The van der Waals surface area contributed by atoms with Gasteiger partial charge >= 0.3 is 0 Å². The highest BCUT2D eigenvalue weighted by Crippen LogP contribution is 2.27. The standard InChI is InChI=1S/C17H23N5O/c1-3-22-11-19-21-16(22)14-6-4-5-7-15(14)20-17(23)13-8-9-18-12(2)10-13/h4-7,11-13,18H,3,8-10H2,1-2H3,(H,20,23)/t12-,13-/m0/s1. The smallest absolute Gasteiger partial charge is 0.227 e. The lowest BCUT2D eigenvalue weighted by molar-refractivity contribution is -0.120. The molecule has 0 unspecified atom stereocenters. The number of benzene rings is 1. The maximum absolute atomic E-state index is 12.6. The molecule has 6 nitrogen and oxygen atoms in total. The van der Waals surface area contributed by atoms with Crippen LogP contribution in [0, 0.1) is 5.92 Å². The summed E-state index contributed by atoms with van der Waals surface area (Å²) in [5, 5.41) is 14.7. The number of para-hydroxylation sites is 1. The predicted octanol–water partition coefficient (Wildman–Crippen LogP) is 2.29. The minimum atomic E-state index is 0.0587. The third-order valence-corrected chi connectivity index (χ3v) is 4.38. The molecule has 2 aromatic rings. The SMILES string of the molecule is CCn1cnnc1-c1ccccc1NC(=O)[C@H]1CCN[C@@H](C)C1. The Morgan fingerprint density at radius 1 is 1.43 bits per heavy atom. The molecule has 0 saturated carbocycles. The molecule has 122 valence electrons. The second-order valence-corrected chi connectivity index (χ2v) is 6.05. The average Bonchev–Trinajstić information content (AvgIpc) is 3.04. The first kappa shape index (κ1) is 15.7. The molecule has 2 atom stereocenters. The van der Waals surface area contributed by atoms with Crippen molar-refractivity contribution in [1.29, 1.82) is 0 Å². The fourth-order valence-electron chi connectivity index (χ4n) is 3.09. The molecule has 1 aromatic carbocycles. The summed E-state index contributed by atoms with van der Waals surface area (Å²) in [6.07, 6.45) is 3.46. The molecule has 23 heavy (non-hydrogen) atoms. The van der Waals surface area contributed by atoms with Crippen LogP contribution in [0.15, 0.2) is 30.6 Å². The van der Waals surface area contributed by atoms with Gasteiger partial charge in [-0.2, -0.15) is 0 Å². The number of hydrogen-bond donors (Lipinski definition) is 2. The Balaban J connectivity index is 1.82. The number of anilines is 1. The summed E-state index contributed by atoms with van der Waals surface area (Å²) in [5.41, 5.74) is 1.70. The van der Waals surface area contributed by atoms with E-state index in [9.17, 15) is 4.79 Å². The molecule has 2 heterocycles. The molecule has 1 fully saturated rings. The van der Waals surface area contributed by atoms with Gasteiger partial charge in [0, 0.05) is 24.1 Å². The van der Waals surface area contributed by atoms with Crippen LogP contribution in [-0.2, 0) is 11.3 Å². The molecule has 3 rings (SSSR count). The zero-order chi connectivity index (χ0) is 16.2. The van der Waals surface area contributed by atoms with Crippen molar-refractivity contribution in [3.63, 3.8) is 0 Å². The summed E-state index contributed by atoms with van der Waals surface area (Å²) in [6.45, 7) is 5.85. The Hall–Kier alpha value is -2.21. The lowest BCUT2D eigenvalue weighted by Gasteiger charge is -2.27. The van der Waals surface area contributed by atoms with Gasteiger partial charge < -0.3 is 15.2 Å². The number of nitrogens with one attached hydrogen (secondary N) is 2. The summed E-state index contributed by atoms with van der Waals surface area (Å²) in [5.74, 6) is 0.929. The Labute approximate surface area is 136 Å². The second kappa shape index (κ2) is 6.91.